The molecule has 3 N–H and O–H groups in total. The van der Waals surface area contributed by atoms with E-state index in [4.69, 9.17) is 18.0 Å². The van der Waals surface area contributed by atoms with Gasteiger partial charge in [-0.15, -0.1) is 0 Å². The van der Waals surface area contributed by atoms with Crippen LogP contribution in [0.1, 0.15) is 12.1 Å². The first-order valence-electron chi connectivity index (χ1n) is 5.22. The summed E-state index contributed by atoms with van der Waals surface area (Å²) >= 11 is 4.94. The topological polar surface area (TPSA) is 67.1 Å². The normalized spacial score (nSPS) is 20.9. The summed E-state index contributed by atoms with van der Waals surface area (Å²) in [7, 11) is 2.10. The molecule has 0 bridgehead atoms. The number of likely N-dealkylation sites (N-methyl/N-ethyl adjacent to an activating group) is 1. The van der Waals surface area contributed by atoms with E-state index in [2.05, 4.69) is 27.2 Å². The molecule has 0 saturated carbocycles. The third-order valence-electron chi connectivity index (χ3n) is 2.66. The van der Waals surface area contributed by atoms with E-state index in [0.717, 1.165) is 19.5 Å². The van der Waals surface area contributed by atoms with Crippen molar-refractivity contribution in [1.82, 2.24) is 14.9 Å². The second-order valence-electron chi connectivity index (χ2n) is 4.01. The van der Waals surface area contributed by atoms with E-state index in [9.17, 15) is 0 Å². The average Bonchev–Trinajstić information content (AvgIpc) is 2.64. The highest BCUT2D eigenvalue weighted by atomic mass is 32.1. The number of rotatable bonds is 3. The Morgan fingerprint density at radius 3 is 2.94 bits per heavy atom. The molecule has 0 aliphatic carbocycles. The lowest BCUT2D eigenvalue weighted by molar-refractivity contribution is 0.414. The number of hydrogen-bond donors (Lipinski definition) is 2. The SMILES string of the molecule is CN1CCC(Nc2nccnc2C(N)=S)C1. The lowest BCUT2D eigenvalue weighted by Crippen LogP contribution is -2.26. The number of nitrogens with two attached hydrogens (primary N) is 1. The van der Waals surface area contributed by atoms with E-state index in [0.29, 0.717) is 17.6 Å². The predicted octanol–water partition coefficient (Wildman–Crippen LogP) is 0.227. The van der Waals surface area contributed by atoms with E-state index in [1.165, 1.54) is 0 Å². The number of aromatic nitrogens is 2. The number of nitrogens with one attached hydrogen (secondary N) is 1. The molecule has 1 aliphatic rings. The summed E-state index contributed by atoms with van der Waals surface area (Å²) in [6.07, 6.45) is 4.34. The first-order chi connectivity index (χ1) is 7.66. The molecule has 6 heteroatoms. The Morgan fingerprint density at radius 2 is 2.31 bits per heavy atom. The molecular weight excluding hydrogens is 222 g/mol. The van der Waals surface area contributed by atoms with Crippen molar-refractivity contribution in [3.63, 3.8) is 0 Å². The predicted molar refractivity (Wildman–Crippen MR) is 67.4 cm³/mol. The fourth-order valence-electron chi connectivity index (χ4n) is 1.87. The van der Waals surface area contributed by atoms with E-state index in [-0.39, 0.29) is 4.99 Å². The van der Waals surface area contributed by atoms with E-state index in [1.807, 2.05) is 0 Å². The third-order valence-corrected chi connectivity index (χ3v) is 2.86. The number of thiocarbonyl (C=S) groups is 1. The standard InChI is InChI=1S/C10H15N5S/c1-15-5-2-7(6-15)14-10-8(9(11)16)12-3-4-13-10/h3-4,7H,2,5-6H2,1H3,(H2,11,16)(H,13,14). The molecule has 0 aromatic carbocycles. The van der Waals surface area contributed by atoms with Crippen LogP contribution in [0.15, 0.2) is 12.4 Å². The Labute approximate surface area is 100 Å². The van der Waals surface area contributed by atoms with Gasteiger partial charge in [-0.2, -0.15) is 0 Å². The fourth-order valence-corrected chi connectivity index (χ4v) is 2.02. The Hall–Kier alpha value is -1.27. The number of anilines is 1. The number of hydrogen-bond acceptors (Lipinski definition) is 5. The minimum Gasteiger partial charge on any atom is -0.388 e. The first-order valence-corrected chi connectivity index (χ1v) is 5.63. The Bertz CT molecular complexity index is 395. The van der Waals surface area contributed by atoms with Crippen LogP contribution >= 0.6 is 12.2 Å². The molecule has 1 saturated heterocycles. The van der Waals surface area contributed by atoms with Crippen LogP contribution in [0.25, 0.3) is 0 Å². The largest absolute Gasteiger partial charge is 0.388 e. The first kappa shape index (κ1) is 11.2. The Kier molecular flexibility index (Phi) is 3.31. The van der Waals surface area contributed by atoms with Gasteiger partial charge in [0.05, 0.1) is 0 Å². The van der Waals surface area contributed by atoms with Gasteiger partial charge in [0.25, 0.3) is 0 Å². The molecule has 16 heavy (non-hydrogen) atoms. The summed E-state index contributed by atoms with van der Waals surface area (Å²) in [4.78, 5) is 10.9. The van der Waals surface area contributed by atoms with Gasteiger partial charge in [0.2, 0.25) is 0 Å². The maximum atomic E-state index is 5.59. The lowest BCUT2D eigenvalue weighted by Gasteiger charge is -2.15. The minimum atomic E-state index is 0.280. The highest BCUT2D eigenvalue weighted by molar-refractivity contribution is 7.80. The fraction of sp³-hybridized carbons (Fsp3) is 0.500. The average molecular weight is 237 g/mol. The zero-order valence-electron chi connectivity index (χ0n) is 9.18. The van der Waals surface area contributed by atoms with E-state index < -0.39 is 0 Å². The summed E-state index contributed by atoms with van der Waals surface area (Å²) < 4.78 is 0. The van der Waals surface area contributed by atoms with Gasteiger partial charge in [-0.25, -0.2) is 9.97 Å². The van der Waals surface area contributed by atoms with Gasteiger partial charge in [-0.1, -0.05) is 12.2 Å². The van der Waals surface area contributed by atoms with Crippen LogP contribution in [0.3, 0.4) is 0 Å². The molecule has 1 unspecified atom stereocenters. The summed E-state index contributed by atoms with van der Waals surface area (Å²) in [6.45, 7) is 2.10. The van der Waals surface area contributed by atoms with Gasteiger partial charge in [0.15, 0.2) is 5.82 Å². The monoisotopic (exact) mass is 237 g/mol. The molecular formula is C10H15N5S. The zero-order chi connectivity index (χ0) is 11.5. The van der Waals surface area contributed by atoms with Crippen molar-refractivity contribution in [1.29, 1.82) is 0 Å². The maximum Gasteiger partial charge on any atom is 0.155 e. The smallest absolute Gasteiger partial charge is 0.155 e. The number of nitrogens with zero attached hydrogens (tertiary/aromatic N) is 3. The van der Waals surface area contributed by atoms with Crippen molar-refractivity contribution in [3.05, 3.63) is 18.1 Å². The Balaban J connectivity index is 2.12. The van der Waals surface area contributed by atoms with Crippen molar-refractivity contribution in [2.24, 2.45) is 5.73 Å². The van der Waals surface area contributed by atoms with Crippen molar-refractivity contribution in [3.8, 4) is 0 Å². The van der Waals surface area contributed by atoms with Crippen molar-refractivity contribution < 1.29 is 0 Å². The molecule has 1 aromatic rings. The molecule has 2 rings (SSSR count). The molecule has 0 amide bonds. The molecule has 1 atom stereocenters. The van der Waals surface area contributed by atoms with Crippen LogP contribution in [0, 0.1) is 0 Å². The highest BCUT2D eigenvalue weighted by Gasteiger charge is 2.21. The van der Waals surface area contributed by atoms with E-state index >= 15 is 0 Å². The highest BCUT2D eigenvalue weighted by Crippen LogP contribution is 2.15. The minimum absolute atomic E-state index is 0.280. The van der Waals surface area contributed by atoms with Gasteiger partial charge in [0, 0.05) is 25.0 Å². The summed E-state index contributed by atoms with van der Waals surface area (Å²) in [5.74, 6) is 0.690. The van der Waals surface area contributed by atoms with Gasteiger partial charge < -0.3 is 16.0 Å². The van der Waals surface area contributed by atoms with Gasteiger partial charge in [-0.05, 0) is 20.0 Å². The molecule has 0 radical (unpaired) electrons. The zero-order valence-corrected chi connectivity index (χ0v) is 10.00. The second-order valence-corrected chi connectivity index (χ2v) is 4.45. The molecule has 2 heterocycles. The van der Waals surface area contributed by atoms with Crippen LogP contribution in [0.2, 0.25) is 0 Å². The Morgan fingerprint density at radius 1 is 1.56 bits per heavy atom. The third kappa shape index (κ3) is 2.45. The van der Waals surface area contributed by atoms with Crippen LogP contribution < -0.4 is 11.1 Å². The van der Waals surface area contributed by atoms with Gasteiger partial charge in [-0.3, -0.25) is 0 Å². The molecule has 1 fully saturated rings. The molecule has 86 valence electrons. The van der Waals surface area contributed by atoms with Crippen molar-refractivity contribution in [2.75, 3.05) is 25.5 Å². The van der Waals surface area contributed by atoms with Crippen LogP contribution in [-0.4, -0.2) is 46.0 Å². The molecule has 1 aromatic heterocycles. The molecule has 0 spiro atoms. The second kappa shape index (κ2) is 4.71. The van der Waals surface area contributed by atoms with Crippen molar-refractivity contribution in [2.45, 2.75) is 12.5 Å². The maximum absolute atomic E-state index is 5.59. The van der Waals surface area contributed by atoms with Crippen LogP contribution in [0.4, 0.5) is 5.82 Å². The van der Waals surface area contributed by atoms with Crippen molar-refractivity contribution >= 4 is 23.0 Å². The summed E-state index contributed by atoms with van der Waals surface area (Å²) in [6, 6.07) is 0.398. The van der Waals surface area contributed by atoms with Crippen LogP contribution in [0.5, 0.6) is 0 Å². The quantitative estimate of drug-likeness (QED) is 0.733. The lowest BCUT2D eigenvalue weighted by atomic mass is 10.2. The summed E-state index contributed by atoms with van der Waals surface area (Å²) in [5, 5.41) is 3.34. The van der Waals surface area contributed by atoms with E-state index in [1.54, 1.807) is 12.4 Å². The van der Waals surface area contributed by atoms with Gasteiger partial charge in [0.1, 0.15) is 10.7 Å². The summed E-state index contributed by atoms with van der Waals surface area (Å²) in [5.41, 5.74) is 6.17. The number of likely N-dealkylation sites (tertiary alicyclic amines) is 1. The molecule has 5 nitrogen and oxygen atoms in total. The van der Waals surface area contributed by atoms with Gasteiger partial charge >= 0.3 is 0 Å². The molecule has 1 aliphatic heterocycles. The van der Waals surface area contributed by atoms with Crippen LogP contribution in [-0.2, 0) is 0 Å².